The van der Waals surface area contributed by atoms with Crippen LogP contribution >= 0.6 is 0 Å². The fourth-order valence-corrected chi connectivity index (χ4v) is 13.8. The molecule has 0 radical (unpaired) electrons. The van der Waals surface area contributed by atoms with Crippen molar-refractivity contribution in [1.82, 2.24) is 0 Å². The van der Waals surface area contributed by atoms with Crippen LogP contribution in [-0.2, 0) is 4.79 Å². The van der Waals surface area contributed by atoms with Gasteiger partial charge in [0.2, 0.25) is 0 Å². The number of aliphatic hydroxyl groups excluding tert-OH is 5. The van der Waals surface area contributed by atoms with Gasteiger partial charge >= 0.3 is 0 Å². The van der Waals surface area contributed by atoms with Crippen LogP contribution in [0.1, 0.15) is 124 Å². The minimum Gasteiger partial charge on any atom is -0.394 e. The van der Waals surface area contributed by atoms with Crippen molar-refractivity contribution < 1.29 is 30.3 Å². The molecule has 13 atom stereocenters. The summed E-state index contributed by atoms with van der Waals surface area (Å²) in [6, 6.07) is 0. The summed E-state index contributed by atoms with van der Waals surface area (Å²) < 4.78 is 0. The van der Waals surface area contributed by atoms with E-state index >= 15 is 4.79 Å². The maximum Gasteiger partial charge on any atom is 0.159 e. The third-order valence-corrected chi connectivity index (χ3v) is 16.5. The Bertz CT molecular complexity index is 1300. The maximum absolute atomic E-state index is 15.2. The molecule has 0 heterocycles. The third-order valence-electron chi connectivity index (χ3n) is 16.5. The highest BCUT2D eigenvalue weighted by atomic mass is 16.3. The van der Waals surface area contributed by atoms with Crippen molar-refractivity contribution in [3.05, 3.63) is 11.6 Å². The second-order valence-corrected chi connectivity index (χ2v) is 18.0. The molecule has 45 heavy (non-hydrogen) atoms. The summed E-state index contributed by atoms with van der Waals surface area (Å²) in [5, 5.41) is 57.3. The van der Waals surface area contributed by atoms with Gasteiger partial charge in [-0.2, -0.15) is 0 Å². The lowest BCUT2D eigenvalue weighted by Crippen LogP contribution is -2.72. The molecule has 2 bridgehead atoms. The van der Waals surface area contributed by atoms with Crippen LogP contribution in [0, 0.1) is 68.0 Å². The number of ketones is 1. The van der Waals surface area contributed by atoms with Gasteiger partial charge in [-0.05, 0) is 116 Å². The standard InChI is InChI=1S/C39H58O6/c1-34-15-9-8-12-30(43)39(19-18-34)26(21-34)25-20-27(41)33-35(2,36(25,3)22-31(39)44)16-13-28-37(4,32(45)23-40)29(42)14-17-38(28,33)24-10-6-5-7-11-24/h20,24,26,28-33,40,42-45H,5-7,9-11,13-19,21-23H2,1-4H3. The Morgan fingerprint density at radius 3 is 2.31 bits per heavy atom. The molecule has 13 unspecified atom stereocenters. The molecule has 0 aromatic rings. The maximum atomic E-state index is 15.2. The van der Waals surface area contributed by atoms with Gasteiger partial charge in [-0.3, -0.25) is 4.79 Å². The zero-order valence-electron chi connectivity index (χ0n) is 28.2. The molecule has 0 aliphatic heterocycles. The summed E-state index contributed by atoms with van der Waals surface area (Å²) in [6.45, 7) is 8.58. The van der Waals surface area contributed by atoms with Crippen LogP contribution < -0.4 is 0 Å². The number of hydrogen-bond donors (Lipinski definition) is 5. The Morgan fingerprint density at radius 2 is 1.60 bits per heavy atom. The first-order valence-corrected chi connectivity index (χ1v) is 18.3. The Labute approximate surface area is 270 Å². The number of fused-ring (bicyclic) bond motifs is 9. The molecular formula is C39H58O6. The topological polar surface area (TPSA) is 118 Å². The van der Waals surface area contributed by atoms with Gasteiger partial charge in [0.1, 0.15) is 6.10 Å². The quantitative estimate of drug-likeness (QED) is 0.272. The van der Waals surface area contributed by atoms with E-state index < -0.39 is 58.1 Å². The molecule has 8 rings (SSSR count). The van der Waals surface area contributed by atoms with Crippen LogP contribution in [0.15, 0.2) is 11.6 Å². The monoisotopic (exact) mass is 622 g/mol. The zero-order chi connectivity index (χ0) is 32.2. The minimum absolute atomic E-state index is 0.0508. The van der Waals surface area contributed by atoms with Gasteiger partial charge in [0.15, 0.2) is 5.78 Å². The normalized spacial score (nSPS) is 53.6. The van der Waals surface area contributed by atoms with Crippen molar-refractivity contribution in [2.75, 3.05) is 6.61 Å². The van der Waals surface area contributed by atoms with E-state index in [2.05, 4.69) is 32.6 Å². The van der Waals surface area contributed by atoms with Gasteiger partial charge < -0.3 is 25.5 Å². The Balaban J connectivity index is 1.42. The van der Waals surface area contributed by atoms with Crippen LogP contribution in [-0.4, -0.2) is 62.3 Å². The molecule has 6 nitrogen and oxygen atoms in total. The number of carbonyl (C=O) groups is 1. The van der Waals surface area contributed by atoms with Crippen molar-refractivity contribution in [1.29, 1.82) is 0 Å². The van der Waals surface area contributed by atoms with E-state index in [1.807, 2.05) is 13.0 Å². The molecule has 8 aliphatic carbocycles. The number of carbonyl (C=O) groups excluding carboxylic acids is 1. The summed E-state index contributed by atoms with van der Waals surface area (Å²) in [5.74, 6) is 6.42. The number of aliphatic hydroxyl groups is 5. The van der Waals surface area contributed by atoms with E-state index in [0.717, 1.165) is 82.6 Å². The number of rotatable bonds is 3. The average Bonchev–Trinajstić information content (AvgIpc) is 3.11. The first kappa shape index (κ1) is 32.3. The fraction of sp³-hybridized carbons (Fsp3) is 0.872. The molecule has 5 N–H and O–H groups in total. The second kappa shape index (κ2) is 10.6. The van der Waals surface area contributed by atoms with Crippen molar-refractivity contribution in [3.63, 3.8) is 0 Å². The molecule has 250 valence electrons. The highest BCUT2D eigenvalue weighted by Crippen LogP contribution is 2.77. The Hall–Kier alpha value is -1.23. The lowest BCUT2D eigenvalue weighted by Gasteiger charge is -2.73. The number of allylic oxidation sites excluding steroid dienone is 2. The number of hydrogen-bond acceptors (Lipinski definition) is 6. The van der Waals surface area contributed by atoms with Crippen LogP contribution in [0.3, 0.4) is 0 Å². The molecule has 5 fully saturated rings. The van der Waals surface area contributed by atoms with Gasteiger partial charge in [0.25, 0.3) is 0 Å². The first-order valence-electron chi connectivity index (χ1n) is 18.3. The summed E-state index contributed by atoms with van der Waals surface area (Å²) >= 11 is 0. The fourth-order valence-electron chi connectivity index (χ4n) is 13.8. The smallest absolute Gasteiger partial charge is 0.159 e. The van der Waals surface area contributed by atoms with Crippen LogP contribution in [0.2, 0.25) is 0 Å². The SMILES string of the molecule is CC12CCC#CC(O)C3(CC1)C(O)CC1(C)C(=CC(=O)C4C5(C6CCCCC6)CCC(O)C(C)(C(O)CO)C5CCC41C)C3C2. The van der Waals surface area contributed by atoms with E-state index in [-0.39, 0.29) is 29.0 Å². The molecule has 8 aliphatic rings. The van der Waals surface area contributed by atoms with Gasteiger partial charge in [-0.15, -0.1) is 5.92 Å². The third kappa shape index (κ3) is 4.03. The van der Waals surface area contributed by atoms with Crippen LogP contribution in [0.25, 0.3) is 0 Å². The van der Waals surface area contributed by atoms with Crippen molar-refractivity contribution in [2.24, 2.45) is 56.2 Å². The molecule has 1 spiro atoms. The molecule has 0 aromatic carbocycles. The van der Waals surface area contributed by atoms with Gasteiger partial charge in [0, 0.05) is 23.2 Å². The van der Waals surface area contributed by atoms with Gasteiger partial charge in [0.05, 0.1) is 24.9 Å². The van der Waals surface area contributed by atoms with E-state index in [4.69, 9.17) is 0 Å². The highest BCUT2D eigenvalue weighted by Gasteiger charge is 2.75. The largest absolute Gasteiger partial charge is 0.394 e. The lowest BCUT2D eigenvalue weighted by molar-refractivity contribution is -0.259. The van der Waals surface area contributed by atoms with Crippen molar-refractivity contribution in [2.45, 2.75) is 148 Å². The summed E-state index contributed by atoms with van der Waals surface area (Å²) in [7, 11) is 0. The van der Waals surface area contributed by atoms with E-state index in [1.54, 1.807) is 0 Å². The van der Waals surface area contributed by atoms with E-state index in [1.165, 1.54) is 6.42 Å². The molecule has 0 saturated heterocycles. The molecule has 0 aromatic heterocycles. The summed E-state index contributed by atoms with van der Waals surface area (Å²) in [6.07, 6.45) is 11.7. The van der Waals surface area contributed by atoms with Gasteiger partial charge in [-0.25, -0.2) is 0 Å². The van der Waals surface area contributed by atoms with Gasteiger partial charge in [-0.1, -0.05) is 58.5 Å². The lowest BCUT2D eigenvalue weighted by atomic mass is 9.30. The van der Waals surface area contributed by atoms with E-state index in [9.17, 15) is 25.5 Å². The van der Waals surface area contributed by atoms with Crippen LogP contribution in [0.5, 0.6) is 0 Å². The Morgan fingerprint density at radius 1 is 0.867 bits per heavy atom. The van der Waals surface area contributed by atoms with Crippen molar-refractivity contribution in [3.8, 4) is 11.8 Å². The first-order chi connectivity index (χ1) is 21.2. The second-order valence-electron chi connectivity index (χ2n) is 18.0. The summed E-state index contributed by atoms with van der Waals surface area (Å²) in [5.41, 5.74) is -1.72. The minimum atomic E-state index is -1.06. The zero-order valence-corrected chi connectivity index (χ0v) is 28.2. The molecule has 5 saturated carbocycles. The average molecular weight is 623 g/mol. The molecule has 0 amide bonds. The molecule has 6 heteroatoms. The van der Waals surface area contributed by atoms with Crippen molar-refractivity contribution >= 4 is 5.78 Å². The Kier molecular flexibility index (Phi) is 7.64. The molecular weight excluding hydrogens is 564 g/mol. The van der Waals surface area contributed by atoms with E-state index in [0.29, 0.717) is 18.8 Å². The predicted octanol–water partition coefficient (Wildman–Crippen LogP) is 5.33. The summed E-state index contributed by atoms with van der Waals surface area (Å²) in [4.78, 5) is 15.2. The predicted molar refractivity (Wildman–Crippen MR) is 172 cm³/mol. The van der Waals surface area contributed by atoms with Crippen LogP contribution in [0.4, 0.5) is 0 Å². The highest BCUT2D eigenvalue weighted by molar-refractivity contribution is 5.96.